The van der Waals surface area contributed by atoms with Crippen molar-refractivity contribution in [2.45, 2.75) is 6.54 Å². The summed E-state index contributed by atoms with van der Waals surface area (Å²) in [5.41, 5.74) is 1.82. The molecule has 0 unspecified atom stereocenters. The molecule has 0 saturated heterocycles. The first-order chi connectivity index (χ1) is 10.6. The lowest BCUT2D eigenvalue weighted by molar-refractivity contribution is 0.0946. The van der Waals surface area contributed by atoms with Crippen LogP contribution in [0.25, 0.3) is 10.6 Å². The molecule has 2 heterocycles. The number of rotatable bonds is 4. The molecule has 0 fully saturated rings. The van der Waals surface area contributed by atoms with Gasteiger partial charge in [-0.05, 0) is 35.2 Å². The number of thiophene rings is 1. The van der Waals surface area contributed by atoms with Gasteiger partial charge in [-0.2, -0.15) is 5.10 Å². The first-order valence-electron chi connectivity index (χ1n) is 6.45. The molecular weight excluding hydrogens is 325 g/mol. The van der Waals surface area contributed by atoms with Crippen LogP contribution in [0.4, 0.5) is 4.39 Å². The number of carbonyl (C=O) groups excluding carboxylic acids is 1. The lowest BCUT2D eigenvalue weighted by Gasteiger charge is -2.04. The van der Waals surface area contributed by atoms with Gasteiger partial charge in [0.1, 0.15) is 5.82 Å². The Morgan fingerprint density at radius 2 is 2.23 bits per heavy atom. The fourth-order valence-electron chi connectivity index (χ4n) is 1.92. The second kappa shape index (κ2) is 6.29. The van der Waals surface area contributed by atoms with Gasteiger partial charge in [-0.3, -0.25) is 9.89 Å². The Labute approximate surface area is 134 Å². The van der Waals surface area contributed by atoms with Crippen molar-refractivity contribution >= 4 is 28.8 Å². The van der Waals surface area contributed by atoms with Gasteiger partial charge >= 0.3 is 0 Å². The molecule has 4 nitrogen and oxygen atoms in total. The van der Waals surface area contributed by atoms with E-state index in [0.717, 1.165) is 10.6 Å². The summed E-state index contributed by atoms with van der Waals surface area (Å²) < 4.78 is 13.1. The third-order valence-electron chi connectivity index (χ3n) is 3.03. The molecule has 1 amide bonds. The number of nitrogens with one attached hydrogen (secondary N) is 2. The van der Waals surface area contributed by atoms with E-state index in [2.05, 4.69) is 15.5 Å². The Morgan fingerprint density at radius 1 is 1.36 bits per heavy atom. The minimum absolute atomic E-state index is 0.0338. The Hall–Kier alpha value is -2.18. The average molecular weight is 336 g/mol. The van der Waals surface area contributed by atoms with E-state index in [1.165, 1.54) is 12.1 Å². The van der Waals surface area contributed by atoms with Crippen LogP contribution < -0.4 is 5.32 Å². The van der Waals surface area contributed by atoms with E-state index in [9.17, 15) is 9.18 Å². The van der Waals surface area contributed by atoms with E-state index in [0.29, 0.717) is 11.3 Å². The van der Waals surface area contributed by atoms with E-state index in [4.69, 9.17) is 11.6 Å². The van der Waals surface area contributed by atoms with Gasteiger partial charge in [0.25, 0.3) is 5.91 Å². The number of H-pyrrole nitrogens is 1. The molecule has 7 heteroatoms. The van der Waals surface area contributed by atoms with Gasteiger partial charge in [0, 0.05) is 6.54 Å². The molecule has 0 spiro atoms. The van der Waals surface area contributed by atoms with Crippen LogP contribution in [0.5, 0.6) is 0 Å². The fourth-order valence-corrected chi connectivity index (χ4v) is 2.81. The Kier molecular flexibility index (Phi) is 4.22. The van der Waals surface area contributed by atoms with Crippen LogP contribution in [-0.2, 0) is 6.54 Å². The van der Waals surface area contributed by atoms with Crippen molar-refractivity contribution in [1.82, 2.24) is 15.5 Å². The highest BCUT2D eigenvalue weighted by molar-refractivity contribution is 7.13. The minimum Gasteiger partial charge on any atom is -0.347 e. The van der Waals surface area contributed by atoms with Crippen LogP contribution in [0.1, 0.15) is 16.1 Å². The topological polar surface area (TPSA) is 57.8 Å². The summed E-state index contributed by atoms with van der Waals surface area (Å²) in [7, 11) is 0. The molecule has 0 aliphatic carbocycles. The molecule has 0 bridgehead atoms. The van der Waals surface area contributed by atoms with E-state index in [-0.39, 0.29) is 17.5 Å². The number of aromatic amines is 1. The highest BCUT2D eigenvalue weighted by Gasteiger charge is 2.12. The van der Waals surface area contributed by atoms with Crippen molar-refractivity contribution in [3.63, 3.8) is 0 Å². The first kappa shape index (κ1) is 14.7. The molecule has 0 aliphatic heterocycles. The van der Waals surface area contributed by atoms with E-state index < -0.39 is 5.82 Å². The molecule has 22 heavy (non-hydrogen) atoms. The number of benzene rings is 1. The van der Waals surface area contributed by atoms with Crippen LogP contribution >= 0.6 is 22.9 Å². The number of nitrogens with zero attached hydrogens (tertiary/aromatic N) is 1. The molecule has 0 aliphatic rings. The van der Waals surface area contributed by atoms with Crippen LogP contribution in [0, 0.1) is 5.82 Å². The molecule has 1 aromatic carbocycles. The second-order valence-electron chi connectivity index (χ2n) is 4.58. The van der Waals surface area contributed by atoms with Crippen LogP contribution in [-0.4, -0.2) is 16.1 Å². The zero-order valence-electron chi connectivity index (χ0n) is 11.3. The number of carbonyl (C=O) groups is 1. The third kappa shape index (κ3) is 3.18. The smallest absolute Gasteiger partial charge is 0.272 e. The van der Waals surface area contributed by atoms with Crippen molar-refractivity contribution in [1.29, 1.82) is 0 Å². The second-order valence-corrected chi connectivity index (χ2v) is 5.93. The fraction of sp³-hybridized carbons (Fsp3) is 0.0667. The molecule has 0 radical (unpaired) electrons. The summed E-state index contributed by atoms with van der Waals surface area (Å²) in [5.74, 6) is -0.788. The van der Waals surface area contributed by atoms with E-state index in [1.54, 1.807) is 23.5 Å². The maximum absolute atomic E-state index is 13.1. The van der Waals surface area contributed by atoms with E-state index in [1.807, 2.05) is 17.5 Å². The van der Waals surface area contributed by atoms with Crippen LogP contribution in [0.15, 0.2) is 41.8 Å². The average Bonchev–Trinajstić information content (AvgIpc) is 3.18. The van der Waals surface area contributed by atoms with Crippen molar-refractivity contribution in [2.24, 2.45) is 0 Å². The predicted molar refractivity (Wildman–Crippen MR) is 84.5 cm³/mol. The van der Waals surface area contributed by atoms with Gasteiger partial charge in [0.15, 0.2) is 5.69 Å². The van der Waals surface area contributed by atoms with Crippen LogP contribution in [0.2, 0.25) is 5.02 Å². The van der Waals surface area contributed by atoms with Crippen molar-refractivity contribution in [2.75, 3.05) is 0 Å². The molecule has 0 saturated carbocycles. The van der Waals surface area contributed by atoms with Gasteiger partial charge in [0.2, 0.25) is 0 Å². The first-order valence-corrected chi connectivity index (χ1v) is 7.70. The summed E-state index contributed by atoms with van der Waals surface area (Å²) in [4.78, 5) is 13.1. The highest BCUT2D eigenvalue weighted by atomic mass is 35.5. The predicted octanol–water partition coefficient (Wildman–Crippen LogP) is 3.86. The third-order valence-corrected chi connectivity index (χ3v) is 4.23. The summed E-state index contributed by atoms with van der Waals surface area (Å²) in [5, 5.41) is 11.5. The highest BCUT2D eigenvalue weighted by Crippen LogP contribution is 2.23. The van der Waals surface area contributed by atoms with Crippen molar-refractivity contribution in [3.05, 3.63) is 63.9 Å². The number of halogens is 2. The van der Waals surface area contributed by atoms with Gasteiger partial charge in [0.05, 0.1) is 15.6 Å². The molecule has 112 valence electrons. The molecular formula is C15H11ClFN3OS. The van der Waals surface area contributed by atoms with Crippen molar-refractivity contribution < 1.29 is 9.18 Å². The Balaban J connectivity index is 1.66. The summed E-state index contributed by atoms with van der Waals surface area (Å²) in [6.45, 7) is 0.250. The van der Waals surface area contributed by atoms with Gasteiger partial charge in [-0.25, -0.2) is 4.39 Å². The van der Waals surface area contributed by atoms with Gasteiger partial charge in [-0.15, -0.1) is 11.3 Å². The molecule has 0 atom stereocenters. The van der Waals surface area contributed by atoms with Gasteiger partial charge in [-0.1, -0.05) is 23.7 Å². The van der Waals surface area contributed by atoms with E-state index >= 15 is 0 Å². The summed E-state index contributed by atoms with van der Waals surface area (Å²) >= 11 is 7.26. The summed E-state index contributed by atoms with van der Waals surface area (Å²) in [6.07, 6.45) is 0. The largest absolute Gasteiger partial charge is 0.347 e. The normalized spacial score (nSPS) is 10.6. The molecule has 2 N–H and O–H groups in total. The maximum atomic E-state index is 13.1. The minimum atomic E-state index is -0.482. The number of hydrogen-bond donors (Lipinski definition) is 2. The van der Waals surface area contributed by atoms with Crippen molar-refractivity contribution in [3.8, 4) is 10.6 Å². The lowest BCUT2D eigenvalue weighted by Crippen LogP contribution is -2.23. The van der Waals surface area contributed by atoms with Crippen LogP contribution in [0.3, 0.4) is 0 Å². The Morgan fingerprint density at radius 3 is 2.95 bits per heavy atom. The zero-order chi connectivity index (χ0) is 15.5. The molecule has 2 aromatic heterocycles. The standard InChI is InChI=1S/C15H11ClFN3OS/c16-10-6-9(3-4-11(10)17)8-18-15(21)13-7-12(19-20-13)14-2-1-5-22-14/h1-7H,8H2,(H,18,21)(H,19,20). The Bertz CT molecular complexity index is 801. The quantitative estimate of drug-likeness (QED) is 0.760. The maximum Gasteiger partial charge on any atom is 0.272 e. The lowest BCUT2D eigenvalue weighted by atomic mass is 10.2. The zero-order valence-corrected chi connectivity index (χ0v) is 12.8. The SMILES string of the molecule is O=C(NCc1ccc(F)c(Cl)c1)c1cc(-c2cccs2)[nH]n1. The molecule has 3 aromatic rings. The number of aromatic nitrogens is 2. The molecule has 3 rings (SSSR count). The summed E-state index contributed by atoms with van der Waals surface area (Å²) in [6, 6.07) is 9.90. The number of amides is 1. The van der Waals surface area contributed by atoms with Gasteiger partial charge < -0.3 is 5.32 Å². The number of hydrogen-bond acceptors (Lipinski definition) is 3. The monoisotopic (exact) mass is 335 g/mol.